The lowest BCUT2D eigenvalue weighted by molar-refractivity contribution is -0.119. The third-order valence-electron chi connectivity index (χ3n) is 9.06. The molecule has 0 bridgehead atoms. The van der Waals surface area contributed by atoms with E-state index in [2.05, 4.69) is 19.8 Å². The third kappa shape index (κ3) is 6.41. The molecule has 0 saturated carbocycles. The van der Waals surface area contributed by atoms with E-state index in [1.54, 1.807) is 24.4 Å². The number of hydrogen-bond donors (Lipinski definition) is 1. The number of ether oxygens (including phenoxy) is 1. The summed E-state index contributed by atoms with van der Waals surface area (Å²) in [6, 6.07) is 18.3. The highest BCUT2D eigenvalue weighted by atomic mass is 35.5. The molecule has 1 aliphatic carbocycles. The second-order valence-electron chi connectivity index (χ2n) is 12.0. The molecule has 1 unspecified atom stereocenters. The van der Waals surface area contributed by atoms with Crippen molar-refractivity contribution in [3.8, 4) is 5.88 Å². The summed E-state index contributed by atoms with van der Waals surface area (Å²) >= 11 is 5.86. The second kappa shape index (κ2) is 12.6. The number of halogens is 2. The molecule has 2 aliphatic rings. The van der Waals surface area contributed by atoms with Crippen LogP contribution in [-0.2, 0) is 37.8 Å². The van der Waals surface area contributed by atoms with Crippen molar-refractivity contribution in [3.05, 3.63) is 112 Å². The van der Waals surface area contributed by atoms with E-state index in [4.69, 9.17) is 26.3 Å². The Labute approximate surface area is 266 Å². The van der Waals surface area contributed by atoms with E-state index in [1.165, 1.54) is 11.6 Å². The number of nitrogens with zero attached hydrogens (tertiary/aromatic N) is 5. The zero-order chi connectivity index (χ0) is 30.9. The lowest BCUT2D eigenvalue weighted by Gasteiger charge is -2.31. The van der Waals surface area contributed by atoms with Gasteiger partial charge in [-0.25, -0.2) is 14.4 Å². The molecule has 230 valence electrons. The highest BCUT2D eigenvalue weighted by molar-refractivity contribution is 6.30. The van der Waals surface area contributed by atoms with Crippen LogP contribution in [0.1, 0.15) is 47.0 Å². The number of fused-ring (bicyclic) bond motifs is 2. The monoisotopic (exact) mass is 624 g/mol. The lowest BCUT2D eigenvalue weighted by atomic mass is 9.93. The minimum absolute atomic E-state index is 0.0339. The first kappa shape index (κ1) is 29.4. The number of carbonyl (C=O) groups excluding carboxylic acids is 1. The molecular formula is C35H34ClFN6O2. The van der Waals surface area contributed by atoms with Gasteiger partial charge < -0.3 is 14.6 Å². The van der Waals surface area contributed by atoms with Crippen molar-refractivity contribution in [2.75, 3.05) is 18.4 Å². The summed E-state index contributed by atoms with van der Waals surface area (Å²) in [5.41, 5.74) is 6.49. The number of hydrogen-bond acceptors (Lipinski definition) is 6. The van der Waals surface area contributed by atoms with Crippen molar-refractivity contribution in [3.63, 3.8) is 0 Å². The summed E-state index contributed by atoms with van der Waals surface area (Å²) in [7, 11) is 2.05. The number of benzene rings is 2. The SMILES string of the molecule is Cn1c(CN2CCC(c3cccc(OCc4ccc(Cl)cc4F)n3)CC2)nc2cc(NC(=O)C3Cc4ccncc4C3)ccc21. The minimum Gasteiger partial charge on any atom is -0.473 e. The summed E-state index contributed by atoms with van der Waals surface area (Å²) in [5.74, 6) is 1.38. The zero-order valence-electron chi connectivity index (χ0n) is 25.0. The molecule has 5 aromatic rings. The van der Waals surface area contributed by atoms with Gasteiger partial charge in [0.1, 0.15) is 18.2 Å². The van der Waals surface area contributed by atoms with E-state index in [-0.39, 0.29) is 24.2 Å². The Kier molecular flexibility index (Phi) is 8.21. The Morgan fingerprint density at radius 2 is 1.89 bits per heavy atom. The summed E-state index contributed by atoms with van der Waals surface area (Å²) in [6.45, 7) is 2.70. The van der Waals surface area contributed by atoms with Gasteiger partial charge in [-0.1, -0.05) is 23.7 Å². The molecule has 1 fully saturated rings. The number of aryl methyl sites for hydroxylation is 1. The summed E-state index contributed by atoms with van der Waals surface area (Å²) in [4.78, 5) is 29.3. The molecule has 1 N–H and O–H groups in total. The van der Waals surface area contributed by atoms with Crippen LogP contribution in [0.4, 0.5) is 10.1 Å². The van der Waals surface area contributed by atoms with Crippen molar-refractivity contribution in [1.29, 1.82) is 0 Å². The van der Waals surface area contributed by atoms with Gasteiger partial charge >= 0.3 is 0 Å². The Hall–Kier alpha value is -4.34. The van der Waals surface area contributed by atoms with Gasteiger partial charge in [-0.3, -0.25) is 14.7 Å². The van der Waals surface area contributed by atoms with Gasteiger partial charge in [-0.2, -0.15) is 0 Å². The van der Waals surface area contributed by atoms with E-state index in [0.717, 1.165) is 79.1 Å². The molecular weight excluding hydrogens is 591 g/mol. The molecule has 1 saturated heterocycles. The number of nitrogens with one attached hydrogen (secondary N) is 1. The van der Waals surface area contributed by atoms with E-state index in [1.807, 2.05) is 49.6 Å². The molecule has 4 heterocycles. The number of piperidine rings is 1. The maximum atomic E-state index is 14.1. The zero-order valence-corrected chi connectivity index (χ0v) is 25.8. The predicted octanol–water partition coefficient (Wildman–Crippen LogP) is 6.47. The van der Waals surface area contributed by atoms with Crippen molar-refractivity contribution in [2.24, 2.45) is 13.0 Å². The van der Waals surface area contributed by atoms with Gasteiger partial charge in [0.2, 0.25) is 11.8 Å². The summed E-state index contributed by atoms with van der Waals surface area (Å²) in [6.07, 6.45) is 7.08. The van der Waals surface area contributed by atoms with E-state index in [0.29, 0.717) is 22.4 Å². The molecule has 1 aliphatic heterocycles. The van der Waals surface area contributed by atoms with Crippen LogP contribution in [0.25, 0.3) is 11.0 Å². The van der Waals surface area contributed by atoms with Crippen molar-refractivity contribution in [2.45, 2.75) is 44.8 Å². The largest absolute Gasteiger partial charge is 0.473 e. The van der Waals surface area contributed by atoms with Crippen LogP contribution in [0.2, 0.25) is 5.02 Å². The van der Waals surface area contributed by atoms with Crippen molar-refractivity contribution in [1.82, 2.24) is 24.4 Å². The van der Waals surface area contributed by atoms with E-state index >= 15 is 0 Å². The maximum absolute atomic E-state index is 14.1. The molecule has 8 nitrogen and oxygen atoms in total. The standard InChI is InChI=1S/C35H34ClFN6O2/c1-42-32-8-7-28(39-35(44)25-15-23-9-12-38-19-26(23)16-25)18-31(32)40-33(42)20-43-13-10-22(11-14-43)30-3-2-4-34(41-30)45-21-24-5-6-27(36)17-29(24)37/h2-9,12,17-19,22,25H,10-11,13-16,20-21H2,1H3,(H,39,44). The van der Waals surface area contributed by atoms with Gasteiger partial charge in [0.25, 0.3) is 0 Å². The first-order valence-corrected chi connectivity index (χ1v) is 15.7. The smallest absolute Gasteiger partial charge is 0.228 e. The van der Waals surface area contributed by atoms with Gasteiger partial charge in [-0.05, 0) is 92.4 Å². The number of aromatic nitrogens is 4. The van der Waals surface area contributed by atoms with Gasteiger partial charge in [0, 0.05) is 59.3 Å². The number of likely N-dealkylation sites (tertiary alicyclic amines) is 1. The number of imidazole rings is 1. The Balaban J connectivity index is 0.942. The molecule has 0 radical (unpaired) electrons. The van der Waals surface area contributed by atoms with E-state index < -0.39 is 0 Å². The molecule has 7 rings (SSSR count). The third-order valence-corrected chi connectivity index (χ3v) is 9.29. The highest BCUT2D eigenvalue weighted by Crippen LogP contribution is 2.30. The van der Waals surface area contributed by atoms with E-state index in [9.17, 15) is 9.18 Å². The van der Waals surface area contributed by atoms with Crippen LogP contribution in [-0.4, -0.2) is 43.4 Å². The Morgan fingerprint density at radius 1 is 1.04 bits per heavy atom. The average molecular weight is 625 g/mol. The van der Waals surface area contributed by atoms with Crippen LogP contribution in [0.15, 0.2) is 73.1 Å². The summed E-state index contributed by atoms with van der Waals surface area (Å²) in [5, 5.41) is 3.47. The number of pyridine rings is 2. The minimum atomic E-state index is -0.386. The van der Waals surface area contributed by atoms with Crippen molar-refractivity contribution < 1.29 is 13.9 Å². The molecule has 1 amide bonds. The fourth-order valence-electron chi connectivity index (χ4n) is 6.46. The predicted molar refractivity (Wildman–Crippen MR) is 172 cm³/mol. The molecule has 3 aromatic heterocycles. The average Bonchev–Trinajstić information content (AvgIpc) is 3.62. The first-order chi connectivity index (χ1) is 21.9. The Bertz CT molecular complexity index is 1840. The maximum Gasteiger partial charge on any atom is 0.228 e. The quantitative estimate of drug-likeness (QED) is 0.213. The van der Waals surface area contributed by atoms with Crippen LogP contribution < -0.4 is 10.1 Å². The number of carbonyl (C=O) groups is 1. The van der Waals surface area contributed by atoms with Gasteiger partial charge in [0.15, 0.2) is 0 Å². The summed E-state index contributed by atoms with van der Waals surface area (Å²) < 4.78 is 22.1. The molecule has 2 aromatic carbocycles. The Morgan fingerprint density at radius 3 is 2.71 bits per heavy atom. The molecule has 10 heteroatoms. The normalized spacial score (nSPS) is 17.0. The first-order valence-electron chi connectivity index (χ1n) is 15.3. The number of rotatable bonds is 8. The molecule has 0 spiro atoms. The molecule has 1 atom stereocenters. The lowest BCUT2D eigenvalue weighted by Crippen LogP contribution is -2.33. The molecule has 45 heavy (non-hydrogen) atoms. The second-order valence-corrected chi connectivity index (χ2v) is 12.4. The van der Waals surface area contributed by atoms with Crippen molar-refractivity contribution >= 4 is 34.2 Å². The number of amides is 1. The fourth-order valence-corrected chi connectivity index (χ4v) is 6.62. The van der Waals surface area contributed by atoms with Crippen LogP contribution >= 0.6 is 11.6 Å². The highest BCUT2D eigenvalue weighted by Gasteiger charge is 2.28. The number of anilines is 1. The topological polar surface area (TPSA) is 85.2 Å². The fraction of sp³-hybridized carbons (Fsp3) is 0.314. The van der Waals surface area contributed by atoms with Crippen LogP contribution in [0, 0.1) is 11.7 Å². The van der Waals surface area contributed by atoms with Crippen LogP contribution in [0.5, 0.6) is 5.88 Å². The van der Waals surface area contributed by atoms with Gasteiger partial charge in [0.05, 0.1) is 17.6 Å². The van der Waals surface area contributed by atoms with Gasteiger partial charge in [-0.15, -0.1) is 0 Å². The van der Waals surface area contributed by atoms with Crippen LogP contribution in [0.3, 0.4) is 0 Å².